The second kappa shape index (κ2) is 11.5. The molecule has 1 rings (SSSR count). The molecule has 0 saturated heterocycles. The maximum absolute atomic E-state index is 13.5. The summed E-state index contributed by atoms with van der Waals surface area (Å²) in [5.41, 5.74) is -3.05. The Morgan fingerprint density at radius 1 is 1.27 bits per heavy atom. The number of hydrogen-bond acceptors (Lipinski definition) is 7. The summed E-state index contributed by atoms with van der Waals surface area (Å²) >= 11 is 0. The van der Waals surface area contributed by atoms with Crippen LogP contribution in [0.3, 0.4) is 0 Å². The molecule has 172 valence electrons. The van der Waals surface area contributed by atoms with Crippen LogP contribution in [-0.2, 0) is 31.9 Å². The summed E-state index contributed by atoms with van der Waals surface area (Å²) in [6.45, 7) is 8.11. The molecule has 0 bridgehead atoms. The first-order valence-corrected chi connectivity index (χ1v) is 13.2. The van der Waals surface area contributed by atoms with Gasteiger partial charge in [0, 0.05) is 20.7 Å². The van der Waals surface area contributed by atoms with Gasteiger partial charge in [-0.05, 0) is 13.0 Å². The number of alkyl halides is 3. The number of carbonyl (C=O) groups excluding carboxylic acids is 1. The van der Waals surface area contributed by atoms with E-state index in [-0.39, 0.29) is 26.4 Å². The Labute approximate surface area is 174 Å². The van der Waals surface area contributed by atoms with E-state index < -0.39 is 43.1 Å². The van der Waals surface area contributed by atoms with Crippen molar-refractivity contribution in [2.75, 3.05) is 32.2 Å². The number of aromatic nitrogens is 2. The second-order valence-electron chi connectivity index (χ2n) is 8.03. The molecule has 30 heavy (non-hydrogen) atoms. The van der Waals surface area contributed by atoms with Crippen LogP contribution in [0.15, 0.2) is 11.0 Å². The Kier molecular flexibility index (Phi) is 9.98. The fourth-order valence-electron chi connectivity index (χ4n) is 2.32. The van der Waals surface area contributed by atoms with Gasteiger partial charge in [-0.1, -0.05) is 19.6 Å². The number of esters is 1. The van der Waals surface area contributed by atoms with Gasteiger partial charge >= 0.3 is 12.1 Å². The monoisotopic (exact) mass is 453 g/mol. The van der Waals surface area contributed by atoms with Crippen LogP contribution in [-0.4, -0.2) is 56.8 Å². The minimum Gasteiger partial charge on any atom is -0.469 e. The highest BCUT2D eigenvalue weighted by atomic mass is 28.3. The molecule has 0 amide bonds. The molecular formula is C18H30F3N3O5Si. The van der Waals surface area contributed by atoms with E-state index in [1.54, 1.807) is 6.92 Å². The Balaban J connectivity index is 2.81. The number of ether oxygens (including phenoxy) is 3. The van der Waals surface area contributed by atoms with Gasteiger partial charge in [0.05, 0.1) is 38.6 Å². The van der Waals surface area contributed by atoms with Crippen molar-refractivity contribution in [1.29, 1.82) is 0 Å². The van der Waals surface area contributed by atoms with Gasteiger partial charge in [-0.2, -0.15) is 18.3 Å². The SMILES string of the molecule is COC(=O)CCOC[C@H](C)Nc1cnn(COCC[Si](C)(C)C)c(=O)c1C(F)(F)F. The highest BCUT2D eigenvalue weighted by molar-refractivity contribution is 6.76. The van der Waals surface area contributed by atoms with Crippen molar-refractivity contribution in [3.05, 3.63) is 22.1 Å². The van der Waals surface area contributed by atoms with E-state index >= 15 is 0 Å². The first-order chi connectivity index (χ1) is 13.8. The smallest absolute Gasteiger partial charge is 0.423 e. The van der Waals surface area contributed by atoms with Gasteiger partial charge in [0.25, 0.3) is 5.56 Å². The molecule has 8 nitrogen and oxygen atoms in total. The summed E-state index contributed by atoms with van der Waals surface area (Å²) in [4.78, 5) is 23.4. The van der Waals surface area contributed by atoms with Crippen molar-refractivity contribution in [3.8, 4) is 0 Å². The van der Waals surface area contributed by atoms with E-state index in [9.17, 15) is 22.8 Å². The molecule has 0 aromatic carbocycles. The molecule has 12 heteroatoms. The lowest BCUT2D eigenvalue weighted by atomic mass is 10.2. The Morgan fingerprint density at radius 3 is 2.50 bits per heavy atom. The Bertz CT molecular complexity index is 750. The zero-order chi connectivity index (χ0) is 22.9. The molecule has 1 aromatic rings. The van der Waals surface area contributed by atoms with Gasteiger partial charge in [0.1, 0.15) is 12.3 Å². The van der Waals surface area contributed by atoms with Gasteiger partial charge in [0.15, 0.2) is 0 Å². The van der Waals surface area contributed by atoms with E-state index in [1.165, 1.54) is 7.11 Å². The fourth-order valence-corrected chi connectivity index (χ4v) is 3.07. The molecule has 1 aromatic heterocycles. The molecule has 0 aliphatic heterocycles. The average molecular weight is 454 g/mol. The predicted octanol–water partition coefficient (Wildman–Crippen LogP) is 2.95. The van der Waals surface area contributed by atoms with Gasteiger partial charge in [-0.15, -0.1) is 0 Å². The van der Waals surface area contributed by atoms with Crippen LogP contribution in [0.2, 0.25) is 25.7 Å². The predicted molar refractivity (Wildman–Crippen MR) is 108 cm³/mol. The standard InChI is InChI=1S/C18H30F3N3O5Si/c1-13(11-28-7-6-15(25)27-2)23-14-10-22-24(12-29-8-9-30(3,4)5)17(26)16(14)18(19,20)21/h10,13,23H,6-9,11-12H2,1-5H3/t13-/m0/s1. The minimum absolute atomic E-state index is 0.0250. The lowest BCUT2D eigenvalue weighted by Crippen LogP contribution is -2.34. The lowest BCUT2D eigenvalue weighted by molar-refractivity contribution is -0.142. The maximum Gasteiger partial charge on any atom is 0.423 e. The molecule has 0 unspecified atom stereocenters. The third-order valence-corrected chi connectivity index (χ3v) is 5.69. The minimum atomic E-state index is -4.87. The largest absolute Gasteiger partial charge is 0.469 e. The van der Waals surface area contributed by atoms with E-state index in [0.29, 0.717) is 11.3 Å². The summed E-state index contributed by atoms with van der Waals surface area (Å²) in [7, 11) is -0.112. The van der Waals surface area contributed by atoms with Crippen molar-refractivity contribution in [2.24, 2.45) is 0 Å². The van der Waals surface area contributed by atoms with Crippen molar-refractivity contribution in [2.45, 2.75) is 58.0 Å². The Morgan fingerprint density at radius 2 is 1.93 bits per heavy atom. The topological polar surface area (TPSA) is 91.7 Å². The van der Waals surface area contributed by atoms with Crippen LogP contribution >= 0.6 is 0 Å². The van der Waals surface area contributed by atoms with Crippen LogP contribution in [0.5, 0.6) is 0 Å². The molecule has 0 spiro atoms. The van der Waals surface area contributed by atoms with Crippen LogP contribution < -0.4 is 10.9 Å². The second-order valence-corrected chi connectivity index (χ2v) is 13.7. The number of nitrogens with one attached hydrogen (secondary N) is 1. The molecule has 1 N–H and O–H groups in total. The zero-order valence-electron chi connectivity index (χ0n) is 18.0. The van der Waals surface area contributed by atoms with Crippen LogP contribution in [0.25, 0.3) is 0 Å². The van der Waals surface area contributed by atoms with Crippen molar-refractivity contribution < 1.29 is 32.2 Å². The van der Waals surface area contributed by atoms with Crippen molar-refractivity contribution in [1.82, 2.24) is 9.78 Å². The van der Waals surface area contributed by atoms with Gasteiger partial charge in [0.2, 0.25) is 0 Å². The molecule has 0 radical (unpaired) electrons. The van der Waals surface area contributed by atoms with Crippen molar-refractivity contribution in [3.63, 3.8) is 0 Å². The summed E-state index contributed by atoms with van der Waals surface area (Å²) in [5.74, 6) is -0.449. The maximum atomic E-state index is 13.5. The van der Waals surface area contributed by atoms with Crippen LogP contribution in [0.4, 0.5) is 18.9 Å². The third-order valence-electron chi connectivity index (χ3n) is 3.99. The number of methoxy groups -OCH3 is 1. The lowest BCUT2D eigenvalue weighted by Gasteiger charge is -2.20. The van der Waals surface area contributed by atoms with Crippen LogP contribution in [0, 0.1) is 0 Å². The normalized spacial score (nSPS) is 13.2. The summed E-state index contributed by atoms with van der Waals surface area (Å²) in [6, 6.07) is 0.259. The van der Waals surface area contributed by atoms with Crippen molar-refractivity contribution >= 4 is 19.7 Å². The van der Waals surface area contributed by atoms with E-state index in [2.05, 4.69) is 34.8 Å². The van der Waals surface area contributed by atoms with Gasteiger partial charge in [-0.25, -0.2) is 4.68 Å². The number of anilines is 1. The number of carbonyl (C=O) groups is 1. The molecular weight excluding hydrogens is 423 g/mol. The van der Waals surface area contributed by atoms with E-state index in [4.69, 9.17) is 9.47 Å². The highest BCUT2D eigenvalue weighted by Gasteiger charge is 2.38. The number of halogens is 3. The molecule has 0 aliphatic rings. The molecule has 0 fully saturated rings. The Hall–Kier alpha value is -1.92. The first-order valence-electron chi connectivity index (χ1n) is 9.51. The third kappa shape index (κ3) is 9.26. The summed E-state index contributed by atoms with van der Waals surface area (Å²) < 4.78 is 56.3. The summed E-state index contributed by atoms with van der Waals surface area (Å²) in [6.07, 6.45) is -3.88. The first kappa shape index (κ1) is 26.1. The van der Waals surface area contributed by atoms with Gasteiger partial charge in [-0.3, -0.25) is 9.59 Å². The molecule has 0 saturated carbocycles. The fraction of sp³-hybridized carbons (Fsp3) is 0.722. The number of hydrogen-bond donors (Lipinski definition) is 1. The quantitative estimate of drug-likeness (QED) is 0.296. The van der Waals surface area contributed by atoms with E-state index in [0.717, 1.165) is 12.2 Å². The zero-order valence-corrected chi connectivity index (χ0v) is 19.0. The summed E-state index contributed by atoms with van der Waals surface area (Å²) in [5, 5.41) is 6.40. The van der Waals surface area contributed by atoms with Crippen LogP contribution in [0.1, 0.15) is 18.9 Å². The highest BCUT2D eigenvalue weighted by Crippen LogP contribution is 2.32. The molecule has 0 aliphatic carbocycles. The average Bonchev–Trinajstić information content (AvgIpc) is 2.61. The number of nitrogens with zero attached hydrogens (tertiary/aromatic N) is 2. The number of rotatable bonds is 12. The molecule has 1 heterocycles. The van der Waals surface area contributed by atoms with Gasteiger partial charge < -0.3 is 19.5 Å². The molecule has 1 atom stereocenters. The van der Waals surface area contributed by atoms with E-state index in [1.807, 2.05) is 0 Å².